The summed E-state index contributed by atoms with van der Waals surface area (Å²) in [5.74, 6) is -2.41. The Balaban J connectivity index is 1.76. The molecule has 3 amide bonds. The summed E-state index contributed by atoms with van der Waals surface area (Å²) in [5.41, 5.74) is 0.255. The predicted molar refractivity (Wildman–Crippen MR) is 107 cm³/mol. The van der Waals surface area contributed by atoms with Gasteiger partial charge in [-0.2, -0.15) is 0 Å². The van der Waals surface area contributed by atoms with Crippen LogP contribution in [-0.4, -0.2) is 42.7 Å². The second-order valence-corrected chi connectivity index (χ2v) is 7.02. The first-order chi connectivity index (χ1) is 14.3. The number of methoxy groups -OCH3 is 2. The second kappa shape index (κ2) is 8.95. The smallest absolute Gasteiger partial charge is 0.294 e. The molecule has 0 aromatic heterocycles. The van der Waals surface area contributed by atoms with Crippen molar-refractivity contribution in [3.8, 4) is 11.5 Å². The summed E-state index contributed by atoms with van der Waals surface area (Å²) >= 11 is 0.661. The molecule has 7 nitrogen and oxygen atoms in total. The first-order valence-corrected chi connectivity index (χ1v) is 9.37. The van der Waals surface area contributed by atoms with Crippen molar-refractivity contribution >= 4 is 40.6 Å². The van der Waals surface area contributed by atoms with E-state index in [1.807, 2.05) is 0 Å². The first-order valence-electron chi connectivity index (χ1n) is 8.55. The van der Waals surface area contributed by atoms with Gasteiger partial charge in [-0.1, -0.05) is 12.1 Å². The average molecular weight is 434 g/mol. The summed E-state index contributed by atoms with van der Waals surface area (Å²) in [5, 5.41) is 1.56. The number of hydrogen-bond donors (Lipinski definition) is 1. The summed E-state index contributed by atoms with van der Waals surface area (Å²) in [6, 6.07) is 7.69. The molecule has 30 heavy (non-hydrogen) atoms. The molecule has 0 spiro atoms. The molecule has 0 bridgehead atoms. The highest BCUT2D eigenvalue weighted by Crippen LogP contribution is 2.37. The normalized spacial score (nSPS) is 14.9. The molecular formula is C20H16F2N2O5S. The van der Waals surface area contributed by atoms with Crippen molar-refractivity contribution in [3.05, 3.63) is 58.5 Å². The van der Waals surface area contributed by atoms with Crippen LogP contribution in [0.1, 0.15) is 5.56 Å². The van der Waals surface area contributed by atoms with Crippen molar-refractivity contribution in [1.82, 2.24) is 4.90 Å². The Labute approximate surface area is 174 Å². The summed E-state index contributed by atoms with van der Waals surface area (Å²) in [6.45, 7) is -0.617. The van der Waals surface area contributed by atoms with Gasteiger partial charge in [0.25, 0.3) is 11.1 Å². The molecule has 156 valence electrons. The zero-order valence-electron chi connectivity index (χ0n) is 15.9. The minimum Gasteiger partial charge on any atom is -0.493 e. The molecule has 1 saturated heterocycles. The number of ether oxygens (including phenoxy) is 2. The number of halogens is 2. The van der Waals surface area contributed by atoms with Gasteiger partial charge in [0, 0.05) is 11.6 Å². The number of benzene rings is 2. The zero-order valence-corrected chi connectivity index (χ0v) is 16.7. The second-order valence-electron chi connectivity index (χ2n) is 6.02. The Morgan fingerprint density at radius 1 is 1.17 bits per heavy atom. The van der Waals surface area contributed by atoms with Gasteiger partial charge in [0.05, 0.1) is 24.8 Å². The van der Waals surface area contributed by atoms with Gasteiger partial charge in [-0.3, -0.25) is 19.3 Å². The van der Waals surface area contributed by atoms with Gasteiger partial charge in [-0.05, 0) is 36.0 Å². The van der Waals surface area contributed by atoms with Gasteiger partial charge in [0.1, 0.15) is 18.2 Å². The number of rotatable bonds is 6. The summed E-state index contributed by atoms with van der Waals surface area (Å²) < 4.78 is 37.1. The van der Waals surface area contributed by atoms with E-state index in [0.717, 1.165) is 17.0 Å². The summed E-state index contributed by atoms with van der Waals surface area (Å²) in [7, 11) is 2.91. The minimum absolute atomic E-state index is 0.0901. The van der Waals surface area contributed by atoms with E-state index in [1.54, 1.807) is 18.2 Å². The molecular weight excluding hydrogens is 418 g/mol. The third kappa shape index (κ3) is 4.43. The molecule has 0 radical (unpaired) electrons. The highest BCUT2D eigenvalue weighted by atomic mass is 32.2. The van der Waals surface area contributed by atoms with Gasteiger partial charge in [0.2, 0.25) is 5.91 Å². The van der Waals surface area contributed by atoms with Crippen LogP contribution >= 0.6 is 11.8 Å². The van der Waals surface area contributed by atoms with Crippen LogP contribution in [0.5, 0.6) is 11.5 Å². The summed E-state index contributed by atoms with van der Waals surface area (Å²) in [4.78, 5) is 37.8. The van der Waals surface area contributed by atoms with Crippen LogP contribution in [0.4, 0.5) is 19.3 Å². The van der Waals surface area contributed by atoms with E-state index in [9.17, 15) is 23.2 Å². The Morgan fingerprint density at radius 2 is 1.93 bits per heavy atom. The number of carbonyl (C=O) groups excluding carboxylic acids is 3. The van der Waals surface area contributed by atoms with Crippen molar-refractivity contribution in [3.63, 3.8) is 0 Å². The number of thioether (sulfide) groups is 1. The molecule has 0 aliphatic carbocycles. The highest BCUT2D eigenvalue weighted by molar-refractivity contribution is 8.18. The molecule has 1 aliphatic heterocycles. The van der Waals surface area contributed by atoms with Crippen LogP contribution in [0.2, 0.25) is 0 Å². The van der Waals surface area contributed by atoms with E-state index in [4.69, 9.17) is 9.47 Å². The summed E-state index contributed by atoms with van der Waals surface area (Å²) in [6.07, 6.45) is 1.46. The monoisotopic (exact) mass is 434 g/mol. The quantitative estimate of drug-likeness (QED) is 0.699. The fourth-order valence-electron chi connectivity index (χ4n) is 2.73. The van der Waals surface area contributed by atoms with Gasteiger partial charge >= 0.3 is 0 Å². The topological polar surface area (TPSA) is 84.9 Å². The molecule has 0 saturated carbocycles. The molecule has 1 fully saturated rings. The van der Waals surface area contributed by atoms with Crippen molar-refractivity contribution in [2.45, 2.75) is 0 Å². The van der Waals surface area contributed by atoms with E-state index < -0.39 is 35.2 Å². The van der Waals surface area contributed by atoms with Crippen LogP contribution in [0.15, 0.2) is 41.3 Å². The van der Waals surface area contributed by atoms with Crippen LogP contribution in [0.3, 0.4) is 0 Å². The molecule has 2 aromatic rings. The zero-order chi connectivity index (χ0) is 21.8. The lowest BCUT2D eigenvalue weighted by Gasteiger charge is -2.13. The Kier molecular flexibility index (Phi) is 6.36. The fourth-order valence-corrected chi connectivity index (χ4v) is 3.56. The highest BCUT2D eigenvalue weighted by Gasteiger charge is 2.36. The van der Waals surface area contributed by atoms with Gasteiger partial charge < -0.3 is 14.8 Å². The van der Waals surface area contributed by atoms with E-state index in [0.29, 0.717) is 34.9 Å². The first kappa shape index (κ1) is 21.3. The molecule has 0 unspecified atom stereocenters. The number of anilines is 1. The van der Waals surface area contributed by atoms with Crippen molar-refractivity contribution in [2.75, 3.05) is 26.1 Å². The molecule has 3 rings (SSSR count). The lowest BCUT2D eigenvalue weighted by molar-refractivity contribution is -0.127. The lowest BCUT2D eigenvalue weighted by atomic mass is 10.1. The maximum absolute atomic E-state index is 13.7. The van der Waals surface area contributed by atoms with Crippen molar-refractivity contribution in [2.24, 2.45) is 0 Å². The maximum atomic E-state index is 13.7. The van der Waals surface area contributed by atoms with Gasteiger partial charge in [-0.25, -0.2) is 8.78 Å². The number of amides is 3. The number of hydrogen-bond acceptors (Lipinski definition) is 6. The minimum atomic E-state index is -0.970. The molecule has 10 heteroatoms. The standard InChI is InChI=1S/C20H16F2N2O5S/c1-28-15-5-3-4-11(18(15)29-2)8-16-19(26)24(20(27)30-16)10-17(25)23-14-7-6-12(21)9-13(14)22/h3-9H,10H2,1-2H3,(H,23,25). The molecule has 1 aliphatic rings. The van der Waals surface area contributed by atoms with E-state index in [1.165, 1.54) is 20.3 Å². The largest absolute Gasteiger partial charge is 0.493 e. The maximum Gasteiger partial charge on any atom is 0.294 e. The van der Waals surface area contributed by atoms with Crippen molar-refractivity contribution < 1.29 is 32.6 Å². The van der Waals surface area contributed by atoms with Crippen LogP contribution < -0.4 is 14.8 Å². The van der Waals surface area contributed by atoms with E-state index >= 15 is 0 Å². The third-order valence-electron chi connectivity index (χ3n) is 4.10. The molecule has 1 heterocycles. The molecule has 1 N–H and O–H groups in total. The molecule has 2 aromatic carbocycles. The van der Waals surface area contributed by atoms with Crippen molar-refractivity contribution in [1.29, 1.82) is 0 Å². The third-order valence-corrected chi connectivity index (χ3v) is 5.01. The SMILES string of the molecule is COc1cccc(C=C2SC(=O)N(CC(=O)Nc3ccc(F)cc3F)C2=O)c1OC. The number of para-hydroxylation sites is 1. The van der Waals surface area contributed by atoms with Gasteiger partial charge in [0.15, 0.2) is 11.5 Å². The number of nitrogens with zero attached hydrogens (tertiary/aromatic N) is 1. The Morgan fingerprint density at radius 3 is 2.60 bits per heavy atom. The fraction of sp³-hybridized carbons (Fsp3) is 0.150. The Bertz CT molecular complexity index is 1060. The van der Waals surface area contributed by atoms with Crippen LogP contribution in [-0.2, 0) is 9.59 Å². The van der Waals surface area contributed by atoms with Crippen LogP contribution in [0.25, 0.3) is 6.08 Å². The van der Waals surface area contributed by atoms with E-state index in [-0.39, 0.29) is 10.6 Å². The lowest BCUT2D eigenvalue weighted by Crippen LogP contribution is -2.36. The number of nitrogens with one attached hydrogen (secondary N) is 1. The van der Waals surface area contributed by atoms with E-state index in [2.05, 4.69) is 5.32 Å². The van der Waals surface area contributed by atoms with Crippen LogP contribution in [0, 0.1) is 11.6 Å². The average Bonchev–Trinajstić information content (AvgIpc) is 2.97. The number of carbonyl (C=O) groups is 3. The predicted octanol–water partition coefficient (Wildman–Crippen LogP) is 3.66. The van der Waals surface area contributed by atoms with Gasteiger partial charge in [-0.15, -0.1) is 0 Å². The number of imide groups is 1. The molecule has 0 atom stereocenters. The Hall–Kier alpha value is -3.40.